The number of benzene rings is 1. The monoisotopic (exact) mass is 350 g/mol. The molecule has 0 saturated heterocycles. The molecule has 1 aromatic heterocycles. The standard InChI is InChI=1S/C17H20BrFN2/c1-3-9-20-16(10-14-8-7-13(18)11-21-14)15-6-4-5-12(2)17(15)19/h4-8,11,16,20H,3,9-10H2,1-2H3. The normalized spacial score (nSPS) is 12.4. The molecule has 0 bridgehead atoms. The molecular weight excluding hydrogens is 331 g/mol. The van der Waals surface area contributed by atoms with Crippen LogP contribution in [0.1, 0.15) is 36.2 Å². The van der Waals surface area contributed by atoms with E-state index in [1.54, 1.807) is 19.2 Å². The van der Waals surface area contributed by atoms with E-state index in [0.29, 0.717) is 17.5 Å². The molecule has 0 aliphatic heterocycles. The van der Waals surface area contributed by atoms with E-state index in [2.05, 4.69) is 33.2 Å². The van der Waals surface area contributed by atoms with Gasteiger partial charge in [0.1, 0.15) is 5.82 Å². The van der Waals surface area contributed by atoms with Crippen molar-refractivity contribution in [3.05, 3.63) is 63.6 Å². The third kappa shape index (κ3) is 4.35. The Hall–Kier alpha value is -1.26. The van der Waals surface area contributed by atoms with Gasteiger partial charge < -0.3 is 5.32 Å². The summed E-state index contributed by atoms with van der Waals surface area (Å²) in [6.45, 7) is 4.76. The van der Waals surface area contributed by atoms with Crippen LogP contribution in [0.25, 0.3) is 0 Å². The highest BCUT2D eigenvalue weighted by Crippen LogP contribution is 2.23. The van der Waals surface area contributed by atoms with Crippen molar-refractivity contribution < 1.29 is 4.39 Å². The zero-order valence-electron chi connectivity index (χ0n) is 12.4. The summed E-state index contributed by atoms with van der Waals surface area (Å²) >= 11 is 3.38. The Balaban J connectivity index is 2.25. The van der Waals surface area contributed by atoms with Crippen molar-refractivity contribution in [2.45, 2.75) is 32.7 Å². The molecule has 112 valence electrons. The fourth-order valence-electron chi connectivity index (χ4n) is 2.29. The summed E-state index contributed by atoms with van der Waals surface area (Å²) in [6.07, 6.45) is 3.46. The number of nitrogens with one attached hydrogen (secondary N) is 1. The van der Waals surface area contributed by atoms with Gasteiger partial charge in [0.2, 0.25) is 0 Å². The molecule has 0 aliphatic rings. The molecule has 2 rings (SSSR count). The summed E-state index contributed by atoms with van der Waals surface area (Å²) in [4.78, 5) is 4.39. The number of hydrogen-bond donors (Lipinski definition) is 1. The molecule has 4 heteroatoms. The molecule has 0 spiro atoms. The SMILES string of the molecule is CCCNC(Cc1ccc(Br)cn1)c1cccc(C)c1F. The maximum Gasteiger partial charge on any atom is 0.130 e. The maximum atomic E-state index is 14.4. The van der Waals surface area contributed by atoms with Gasteiger partial charge in [0.05, 0.1) is 0 Å². The van der Waals surface area contributed by atoms with Crippen LogP contribution in [0.5, 0.6) is 0 Å². The Morgan fingerprint density at radius 2 is 2.10 bits per heavy atom. The van der Waals surface area contributed by atoms with E-state index in [4.69, 9.17) is 0 Å². The van der Waals surface area contributed by atoms with Crippen LogP contribution >= 0.6 is 15.9 Å². The van der Waals surface area contributed by atoms with Gasteiger partial charge in [-0.3, -0.25) is 4.98 Å². The minimum absolute atomic E-state index is 0.0569. The van der Waals surface area contributed by atoms with Gasteiger partial charge >= 0.3 is 0 Å². The largest absolute Gasteiger partial charge is 0.310 e. The molecule has 1 heterocycles. The third-order valence-corrected chi connectivity index (χ3v) is 3.91. The lowest BCUT2D eigenvalue weighted by Gasteiger charge is -2.20. The smallest absolute Gasteiger partial charge is 0.130 e. The van der Waals surface area contributed by atoms with Gasteiger partial charge in [0, 0.05) is 34.4 Å². The van der Waals surface area contributed by atoms with Crippen molar-refractivity contribution in [2.75, 3.05) is 6.54 Å². The molecule has 1 atom stereocenters. The van der Waals surface area contributed by atoms with Crippen LogP contribution in [-0.2, 0) is 6.42 Å². The number of hydrogen-bond acceptors (Lipinski definition) is 2. The van der Waals surface area contributed by atoms with Gasteiger partial charge in [-0.05, 0) is 53.5 Å². The highest BCUT2D eigenvalue weighted by atomic mass is 79.9. The molecule has 2 aromatic rings. The van der Waals surface area contributed by atoms with Gasteiger partial charge in [-0.15, -0.1) is 0 Å². The highest BCUT2D eigenvalue weighted by Gasteiger charge is 2.17. The van der Waals surface area contributed by atoms with Crippen molar-refractivity contribution in [1.29, 1.82) is 0 Å². The predicted molar refractivity (Wildman–Crippen MR) is 87.8 cm³/mol. The molecule has 21 heavy (non-hydrogen) atoms. The van der Waals surface area contributed by atoms with E-state index in [1.165, 1.54) is 0 Å². The average molecular weight is 351 g/mol. The van der Waals surface area contributed by atoms with Gasteiger partial charge in [-0.2, -0.15) is 0 Å². The first-order valence-corrected chi connectivity index (χ1v) is 8.00. The van der Waals surface area contributed by atoms with Crippen LogP contribution < -0.4 is 5.32 Å². The second kappa shape index (κ2) is 7.66. The zero-order valence-corrected chi connectivity index (χ0v) is 14.0. The fourth-order valence-corrected chi connectivity index (χ4v) is 2.52. The molecular formula is C17H20BrFN2. The average Bonchev–Trinajstić information content (AvgIpc) is 2.48. The lowest BCUT2D eigenvalue weighted by Crippen LogP contribution is -2.25. The van der Waals surface area contributed by atoms with Gasteiger partial charge in [-0.1, -0.05) is 25.1 Å². The van der Waals surface area contributed by atoms with Crippen LogP contribution in [0.2, 0.25) is 0 Å². The lowest BCUT2D eigenvalue weighted by molar-refractivity contribution is 0.491. The van der Waals surface area contributed by atoms with Crippen molar-refractivity contribution in [3.8, 4) is 0 Å². The molecule has 1 N–H and O–H groups in total. The van der Waals surface area contributed by atoms with Gasteiger partial charge in [-0.25, -0.2) is 4.39 Å². The van der Waals surface area contributed by atoms with Crippen LogP contribution in [0.4, 0.5) is 4.39 Å². The lowest BCUT2D eigenvalue weighted by atomic mass is 9.99. The Morgan fingerprint density at radius 3 is 2.76 bits per heavy atom. The summed E-state index contributed by atoms with van der Waals surface area (Å²) in [5.74, 6) is -0.122. The molecule has 1 aromatic carbocycles. The van der Waals surface area contributed by atoms with E-state index in [-0.39, 0.29) is 11.9 Å². The van der Waals surface area contributed by atoms with Gasteiger partial charge in [0.25, 0.3) is 0 Å². The van der Waals surface area contributed by atoms with E-state index >= 15 is 0 Å². The second-order valence-electron chi connectivity index (χ2n) is 5.16. The Labute approximate surface area is 133 Å². The maximum absolute atomic E-state index is 14.4. The first-order chi connectivity index (χ1) is 10.1. The molecule has 0 fully saturated rings. The van der Waals surface area contributed by atoms with Crippen LogP contribution in [-0.4, -0.2) is 11.5 Å². The topological polar surface area (TPSA) is 24.9 Å². The molecule has 0 amide bonds. The van der Waals surface area contributed by atoms with Crippen LogP contribution in [0.3, 0.4) is 0 Å². The molecule has 0 aliphatic carbocycles. The number of nitrogens with zero attached hydrogens (tertiary/aromatic N) is 1. The van der Waals surface area contributed by atoms with Gasteiger partial charge in [0.15, 0.2) is 0 Å². The second-order valence-corrected chi connectivity index (χ2v) is 6.07. The fraction of sp³-hybridized carbons (Fsp3) is 0.353. The van der Waals surface area contributed by atoms with E-state index in [1.807, 2.05) is 24.3 Å². The van der Waals surface area contributed by atoms with Crippen LogP contribution in [0, 0.1) is 12.7 Å². The Kier molecular flexibility index (Phi) is 5.88. The number of pyridine rings is 1. The number of aryl methyl sites for hydroxylation is 1. The number of halogens is 2. The van der Waals surface area contributed by atoms with Crippen molar-refractivity contribution in [3.63, 3.8) is 0 Å². The zero-order chi connectivity index (χ0) is 15.2. The number of aromatic nitrogens is 1. The van der Waals surface area contributed by atoms with Crippen molar-refractivity contribution in [1.82, 2.24) is 10.3 Å². The Bertz CT molecular complexity index is 584. The van der Waals surface area contributed by atoms with E-state index < -0.39 is 0 Å². The molecule has 0 radical (unpaired) electrons. The molecule has 2 nitrogen and oxygen atoms in total. The first kappa shape index (κ1) is 16.1. The molecule has 1 unspecified atom stereocenters. The summed E-state index contributed by atoms with van der Waals surface area (Å²) in [6, 6.07) is 9.44. The van der Waals surface area contributed by atoms with Crippen molar-refractivity contribution >= 4 is 15.9 Å². The van der Waals surface area contributed by atoms with Crippen molar-refractivity contribution in [2.24, 2.45) is 0 Å². The Morgan fingerprint density at radius 1 is 1.29 bits per heavy atom. The molecule has 0 saturated carbocycles. The summed E-state index contributed by atoms with van der Waals surface area (Å²) in [7, 11) is 0. The minimum atomic E-state index is -0.122. The summed E-state index contributed by atoms with van der Waals surface area (Å²) in [5, 5.41) is 3.43. The predicted octanol–water partition coefficient (Wildman–Crippen LogP) is 4.58. The minimum Gasteiger partial charge on any atom is -0.310 e. The van der Waals surface area contributed by atoms with E-state index in [9.17, 15) is 4.39 Å². The number of rotatable bonds is 6. The first-order valence-electron chi connectivity index (χ1n) is 7.20. The summed E-state index contributed by atoms with van der Waals surface area (Å²) in [5.41, 5.74) is 2.35. The van der Waals surface area contributed by atoms with E-state index in [0.717, 1.165) is 23.1 Å². The van der Waals surface area contributed by atoms with Crippen LogP contribution in [0.15, 0.2) is 41.0 Å². The quantitative estimate of drug-likeness (QED) is 0.824. The highest BCUT2D eigenvalue weighted by molar-refractivity contribution is 9.10. The third-order valence-electron chi connectivity index (χ3n) is 3.44. The summed E-state index contributed by atoms with van der Waals surface area (Å²) < 4.78 is 15.3.